The molecule has 0 aliphatic heterocycles. The van der Waals surface area contributed by atoms with Gasteiger partial charge in [0.05, 0.1) is 4.92 Å². The summed E-state index contributed by atoms with van der Waals surface area (Å²) in [5.41, 5.74) is 0.137. The molecule has 0 spiro atoms. The van der Waals surface area contributed by atoms with E-state index in [-0.39, 0.29) is 5.70 Å². The summed E-state index contributed by atoms with van der Waals surface area (Å²) < 4.78 is 0. The average molecular weight is 127 g/mol. The monoisotopic (exact) mass is 127 g/mol. The summed E-state index contributed by atoms with van der Waals surface area (Å²) in [5.74, 6) is 0. The Hall–Kier alpha value is -1.12. The van der Waals surface area contributed by atoms with Gasteiger partial charge < -0.3 is 0 Å². The molecule has 50 valence electrons. The molecule has 0 saturated heterocycles. The molecule has 0 fully saturated rings. The van der Waals surface area contributed by atoms with Gasteiger partial charge in [-0.15, -0.1) is 0 Å². The molecule has 0 unspecified atom stereocenters. The first-order valence-electron chi connectivity index (χ1n) is 2.65. The van der Waals surface area contributed by atoms with Crippen molar-refractivity contribution in [3.63, 3.8) is 0 Å². The molecule has 0 amide bonds. The minimum Gasteiger partial charge on any atom is -0.258 e. The van der Waals surface area contributed by atoms with E-state index in [2.05, 4.69) is 0 Å². The van der Waals surface area contributed by atoms with Crippen molar-refractivity contribution < 1.29 is 4.92 Å². The summed E-state index contributed by atoms with van der Waals surface area (Å²) in [6.45, 7) is 3.38. The first-order valence-corrected chi connectivity index (χ1v) is 2.65. The molecule has 0 heterocycles. The second-order valence-corrected chi connectivity index (χ2v) is 1.47. The van der Waals surface area contributed by atoms with Crippen LogP contribution in [0.25, 0.3) is 0 Å². The predicted molar refractivity (Wildman–Crippen MR) is 35.6 cm³/mol. The molecule has 0 saturated carbocycles. The van der Waals surface area contributed by atoms with Crippen LogP contribution in [0.3, 0.4) is 0 Å². The van der Waals surface area contributed by atoms with Crippen molar-refractivity contribution in [1.29, 1.82) is 0 Å². The van der Waals surface area contributed by atoms with Crippen LogP contribution >= 0.6 is 0 Å². The van der Waals surface area contributed by atoms with E-state index in [4.69, 9.17) is 0 Å². The Morgan fingerprint density at radius 3 is 2.22 bits per heavy atom. The number of nitro groups is 1. The molecule has 0 aromatic rings. The van der Waals surface area contributed by atoms with Gasteiger partial charge in [0.2, 0.25) is 0 Å². The van der Waals surface area contributed by atoms with Gasteiger partial charge in [-0.2, -0.15) is 0 Å². The Kier molecular flexibility index (Phi) is 3.35. The summed E-state index contributed by atoms with van der Waals surface area (Å²) >= 11 is 0. The Balaban J connectivity index is 4.19. The van der Waals surface area contributed by atoms with Crippen LogP contribution in [-0.2, 0) is 0 Å². The van der Waals surface area contributed by atoms with Crippen LogP contribution in [0.15, 0.2) is 23.9 Å². The standard InChI is InChI=1S/C6H9NO2/c1-3-5-6(4-2)7(8)9/h3-5H,1-2H3. The highest BCUT2D eigenvalue weighted by Gasteiger charge is 1.99. The van der Waals surface area contributed by atoms with Gasteiger partial charge in [-0.25, -0.2) is 0 Å². The molecular weight excluding hydrogens is 118 g/mol. The molecule has 0 aromatic carbocycles. The molecule has 0 aromatic heterocycles. The van der Waals surface area contributed by atoms with Crippen molar-refractivity contribution >= 4 is 0 Å². The number of hydrogen-bond donors (Lipinski definition) is 0. The maximum Gasteiger partial charge on any atom is 0.264 e. The van der Waals surface area contributed by atoms with Gasteiger partial charge in [0.15, 0.2) is 0 Å². The van der Waals surface area contributed by atoms with Crippen LogP contribution in [-0.4, -0.2) is 4.92 Å². The van der Waals surface area contributed by atoms with E-state index < -0.39 is 4.92 Å². The molecule has 3 heteroatoms. The molecule has 3 nitrogen and oxygen atoms in total. The molecule has 0 rings (SSSR count). The summed E-state index contributed by atoms with van der Waals surface area (Å²) in [6, 6.07) is 0. The third-order valence-electron chi connectivity index (χ3n) is 0.844. The largest absolute Gasteiger partial charge is 0.264 e. The summed E-state index contributed by atoms with van der Waals surface area (Å²) in [5, 5.41) is 10.0. The lowest BCUT2D eigenvalue weighted by Crippen LogP contribution is -1.93. The fourth-order valence-corrected chi connectivity index (χ4v) is 0.433. The van der Waals surface area contributed by atoms with Crippen molar-refractivity contribution in [1.82, 2.24) is 0 Å². The van der Waals surface area contributed by atoms with Crippen LogP contribution in [0.1, 0.15) is 13.8 Å². The SMILES string of the molecule is CC=CC(=CC)[N+](=O)[O-]. The smallest absolute Gasteiger partial charge is 0.258 e. The fourth-order valence-electron chi connectivity index (χ4n) is 0.433. The highest BCUT2D eigenvalue weighted by molar-refractivity contribution is 5.08. The molecule has 0 bridgehead atoms. The van der Waals surface area contributed by atoms with Gasteiger partial charge in [0.25, 0.3) is 5.70 Å². The lowest BCUT2D eigenvalue weighted by molar-refractivity contribution is -0.419. The lowest BCUT2D eigenvalue weighted by Gasteiger charge is -1.85. The summed E-state index contributed by atoms with van der Waals surface area (Å²) in [6.07, 6.45) is 4.55. The van der Waals surface area contributed by atoms with Crippen molar-refractivity contribution in [3.8, 4) is 0 Å². The minimum absolute atomic E-state index is 0.137. The normalized spacial score (nSPS) is 12.4. The van der Waals surface area contributed by atoms with Gasteiger partial charge in [-0.05, 0) is 19.9 Å². The van der Waals surface area contributed by atoms with Gasteiger partial charge in [0, 0.05) is 6.08 Å². The Bertz CT molecular complexity index is 158. The summed E-state index contributed by atoms with van der Waals surface area (Å²) in [4.78, 5) is 9.59. The third kappa shape index (κ3) is 2.64. The maximum atomic E-state index is 10.0. The Morgan fingerprint density at radius 1 is 1.56 bits per heavy atom. The fraction of sp³-hybridized carbons (Fsp3) is 0.333. The number of allylic oxidation sites excluding steroid dienone is 3. The van der Waals surface area contributed by atoms with E-state index in [9.17, 15) is 10.1 Å². The van der Waals surface area contributed by atoms with E-state index in [1.165, 1.54) is 12.2 Å². The topological polar surface area (TPSA) is 43.1 Å². The van der Waals surface area contributed by atoms with Crippen molar-refractivity contribution in [2.75, 3.05) is 0 Å². The zero-order valence-corrected chi connectivity index (χ0v) is 5.50. The van der Waals surface area contributed by atoms with Crippen molar-refractivity contribution in [3.05, 3.63) is 34.0 Å². The Morgan fingerprint density at radius 2 is 2.11 bits per heavy atom. The van der Waals surface area contributed by atoms with Crippen LogP contribution in [0.5, 0.6) is 0 Å². The lowest BCUT2D eigenvalue weighted by atomic mass is 10.4. The van der Waals surface area contributed by atoms with E-state index in [0.717, 1.165) is 0 Å². The highest BCUT2D eigenvalue weighted by Crippen LogP contribution is 1.95. The van der Waals surface area contributed by atoms with E-state index in [0.29, 0.717) is 0 Å². The summed E-state index contributed by atoms with van der Waals surface area (Å²) in [7, 11) is 0. The predicted octanol–water partition coefficient (Wildman–Crippen LogP) is 1.74. The number of hydrogen-bond acceptors (Lipinski definition) is 2. The van der Waals surface area contributed by atoms with Crippen molar-refractivity contribution in [2.24, 2.45) is 0 Å². The quantitative estimate of drug-likeness (QED) is 0.322. The van der Waals surface area contributed by atoms with Gasteiger partial charge in [0.1, 0.15) is 0 Å². The van der Waals surface area contributed by atoms with Crippen LogP contribution < -0.4 is 0 Å². The van der Waals surface area contributed by atoms with Gasteiger partial charge in [-0.3, -0.25) is 10.1 Å². The number of nitrogens with zero attached hydrogens (tertiary/aromatic N) is 1. The van der Waals surface area contributed by atoms with Crippen molar-refractivity contribution in [2.45, 2.75) is 13.8 Å². The van der Waals surface area contributed by atoms with Gasteiger partial charge >= 0.3 is 0 Å². The number of rotatable bonds is 2. The molecule has 9 heavy (non-hydrogen) atoms. The minimum atomic E-state index is -0.417. The molecular formula is C6H9NO2. The van der Waals surface area contributed by atoms with Crippen LogP contribution in [0, 0.1) is 10.1 Å². The molecule has 0 radical (unpaired) electrons. The maximum absolute atomic E-state index is 10.0. The molecule has 0 aliphatic rings. The van der Waals surface area contributed by atoms with Crippen LogP contribution in [0.2, 0.25) is 0 Å². The molecule has 0 N–H and O–H groups in total. The highest BCUT2D eigenvalue weighted by atomic mass is 16.6. The van der Waals surface area contributed by atoms with E-state index in [1.807, 2.05) is 0 Å². The third-order valence-corrected chi connectivity index (χ3v) is 0.844. The van der Waals surface area contributed by atoms with E-state index >= 15 is 0 Å². The second kappa shape index (κ2) is 3.83. The average Bonchev–Trinajstić information content (AvgIpc) is 1.82. The van der Waals surface area contributed by atoms with E-state index in [1.54, 1.807) is 19.9 Å². The first kappa shape index (κ1) is 7.88. The Labute approximate surface area is 53.8 Å². The first-order chi connectivity index (χ1) is 4.22. The van der Waals surface area contributed by atoms with Crippen LogP contribution in [0.4, 0.5) is 0 Å². The van der Waals surface area contributed by atoms with Gasteiger partial charge in [-0.1, -0.05) is 6.08 Å². The zero-order valence-electron chi connectivity index (χ0n) is 5.50. The zero-order chi connectivity index (χ0) is 7.28. The second-order valence-electron chi connectivity index (χ2n) is 1.47. The molecule has 0 aliphatic carbocycles. The molecule has 0 atom stereocenters.